The molecule has 6 nitrogen and oxygen atoms in total. The van der Waals surface area contributed by atoms with E-state index in [2.05, 4.69) is 34.9 Å². The topological polar surface area (TPSA) is 75.8 Å². The summed E-state index contributed by atoms with van der Waals surface area (Å²) in [7, 11) is 0. The lowest BCUT2D eigenvalue weighted by Crippen LogP contribution is -3.08. The van der Waals surface area contributed by atoms with E-state index in [0.29, 0.717) is 17.8 Å². The Morgan fingerprint density at radius 2 is 1.57 bits per heavy atom. The number of quaternary nitrogens is 1. The molecule has 0 bridgehead atoms. The van der Waals surface area contributed by atoms with Gasteiger partial charge in [0.05, 0.1) is 19.4 Å². The number of carbonyl (C=O) groups is 2. The number of hydrogen-bond acceptors (Lipinski definition) is 3. The molecule has 6 heteroatoms. The summed E-state index contributed by atoms with van der Waals surface area (Å²) < 4.78 is 5.07. The molecule has 3 N–H and O–H groups in total. The second kappa shape index (κ2) is 9.41. The number of anilines is 1. The lowest BCUT2D eigenvalue weighted by molar-refractivity contribution is -0.901. The highest BCUT2D eigenvalue weighted by Crippen LogP contribution is 2.12. The fourth-order valence-corrected chi connectivity index (χ4v) is 3.71. The Kier molecular flexibility index (Phi) is 6.25. The first-order valence-electron chi connectivity index (χ1n) is 10.3. The minimum Gasteiger partial charge on any atom is -0.459 e. The number of rotatable bonds is 7. The summed E-state index contributed by atoms with van der Waals surface area (Å²) >= 11 is 0. The van der Waals surface area contributed by atoms with Crippen molar-refractivity contribution >= 4 is 17.5 Å². The van der Waals surface area contributed by atoms with Crippen LogP contribution in [0.25, 0.3) is 0 Å². The quantitative estimate of drug-likeness (QED) is 0.567. The monoisotopic (exact) mass is 404 g/mol. The third-order valence-electron chi connectivity index (χ3n) is 5.39. The molecule has 2 amide bonds. The van der Waals surface area contributed by atoms with Crippen molar-refractivity contribution in [2.75, 3.05) is 18.4 Å². The zero-order valence-electron chi connectivity index (χ0n) is 16.8. The van der Waals surface area contributed by atoms with Crippen LogP contribution in [0.2, 0.25) is 0 Å². The predicted molar refractivity (Wildman–Crippen MR) is 114 cm³/mol. The molecule has 4 rings (SSSR count). The van der Waals surface area contributed by atoms with Crippen LogP contribution in [0.15, 0.2) is 71.3 Å². The number of hydrogen-bond donors (Lipinski definition) is 3. The van der Waals surface area contributed by atoms with E-state index in [4.69, 9.17) is 4.42 Å². The van der Waals surface area contributed by atoms with Crippen molar-refractivity contribution in [2.24, 2.45) is 0 Å². The number of benzene rings is 2. The Labute approximate surface area is 175 Å². The standard InChI is InChI=1S/C24H25N3O3/c28-23(20-9-11-21(12-10-20)26-24(29)22-4-3-15-30-22)25-16-18-5-7-19(8-6-18)17-27-13-1-2-14-27/h3-12,15H,1-2,13-14,16-17H2,(H,25,28)(H,26,29)/p+1. The van der Waals surface area contributed by atoms with Crippen molar-refractivity contribution in [3.8, 4) is 0 Å². The molecule has 0 aliphatic carbocycles. The highest BCUT2D eigenvalue weighted by Gasteiger charge is 2.15. The molecule has 1 fully saturated rings. The third kappa shape index (κ3) is 5.15. The normalized spacial score (nSPS) is 13.9. The lowest BCUT2D eigenvalue weighted by Gasteiger charge is -2.12. The van der Waals surface area contributed by atoms with E-state index in [1.54, 1.807) is 41.3 Å². The molecule has 0 spiro atoms. The van der Waals surface area contributed by atoms with Crippen LogP contribution in [0.1, 0.15) is 44.9 Å². The Morgan fingerprint density at radius 3 is 2.23 bits per heavy atom. The molecule has 3 aromatic rings. The number of likely N-dealkylation sites (tertiary alicyclic amines) is 1. The van der Waals surface area contributed by atoms with Crippen molar-refractivity contribution < 1.29 is 18.9 Å². The van der Waals surface area contributed by atoms with E-state index in [1.165, 1.54) is 37.8 Å². The molecule has 0 saturated carbocycles. The van der Waals surface area contributed by atoms with Gasteiger partial charge in [-0.2, -0.15) is 0 Å². The maximum Gasteiger partial charge on any atom is 0.291 e. The first kappa shape index (κ1) is 19.9. The van der Waals surface area contributed by atoms with E-state index >= 15 is 0 Å². The van der Waals surface area contributed by atoms with Gasteiger partial charge in [0.1, 0.15) is 6.54 Å². The molecule has 1 saturated heterocycles. The van der Waals surface area contributed by atoms with Gasteiger partial charge in [-0.25, -0.2) is 0 Å². The molecule has 2 heterocycles. The minimum absolute atomic E-state index is 0.149. The van der Waals surface area contributed by atoms with E-state index in [1.807, 2.05) is 0 Å². The average molecular weight is 404 g/mol. The maximum absolute atomic E-state index is 12.4. The highest BCUT2D eigenvalue weighted by molar-refractivity contribution is 6.02. The van der Waals surface area contributed by atoms with Gasteiger partial charge in [-0.3, -0.25) is 9.59 Å². The van der Waals surface area contributed by atoms with Gasteiger partial charge in [0.15, 0.2) is 5.76 Å². The first-order valence-corrected chi connectivity index (χ1v) is 10.3. The Hall–Kier alpha value is -3.38. The number of nitrogens with one attached hydrogen (secondary N) is 3. The fourth-order valence-electron chi connectivity index (χ4n) is 3.71. The van der Waals surface area contributed by atoms with Gasteiger partial charge in [-0.05, 0) is 42.0 Å². The van der Waals surface area contributed by atoms with Crippen LogP contribution in [0.3, 0.4) is 0 Å². The molecule has 30 heavy (non-hydrogen) atoms. The zero-order chi connectivity index (χ0) is 20.8. The number of carbonyl (C=O) groups excluding carboxylic acids is 2. The molecule has 0 atom stereocenters. The van der Waals surface area contributed by atoms with Crippen molar-refractivity contribution in [2.45, 2.75) is 25.9 Å². The highest BCUT2D eigenvalue weighted by atomic mass is 16.3. The van der Waals surface area contributed by atoms with Crippen LogP contribution in [-0.4, -0.2) is 24.9 Å². The van der Waals surface area contributed by atoms with Gasteiger partial charge in [-0.1, -0.05) is 24.3 Å². The van der Waals surface area contributed by atoms with Gasteiger partial charge >= 0.3 is 0 Å². The molecule has 2 aromatic carbocycles. The first-order chi connectivity index (χ1) is 14.7. The SMILES string of the molecule is O=C(NCc1ccc(C[NH+]2CCCC2)cc1)c1ccc(NC(=O)c2ccco2)cc1. The van der Waals surface area contributed by atoms with Crippen LogP contribution in [-0.2, 0) is 13.1 Å². The van der Waals surface area contributed by atoms with Crippen molar-refractivity contribution in [3.63, 3.8) is 0 Å². The summed E-state index contributed by atoms with van der Waals surface area (Å²) in [5.41, 5.74) is 3.56. The second-order valence-corrected chi connectivity index (χ2v) is 7.64. The van der Waals surface area contributed by atoms with Crippen LogP contribution >= 0.6 is 0 Å². The molecule has 1 aliphatic rings. The largest absolute Gasteiger partial charge is 0.459 e. The molecular weight excluding hydrogens is 378 g/mol. The van der Waals surface area contributed by atoms with Gasteiger partial charge in [0.25, 0.3) is 11.8 Å². The molecule has 1 aliphatic heterocycles. The molecule has 0 unspecified atom stereocenters. The Morgan fingerprint density at radius 1 is 0.867 bits per heavy atom. The Bertz CT molecular complexity index is 974. The van der Waals surface area contributed by atoms with Crippen molar-refractivity contribution in [3.05, 3.63) is 89.4 Å². The molecule has 154 valence electrons. The van der Waals surface area contributed by atoms with Gasteiger partial charge in [0.2, 0.25) is 0 Å². The zero-order valence-corrected chi connectivity index (χ0v) is 16.8. The third-order valence-corrected chi connectivity index (χ3v) is 5.39. The lowest BCUT2D eigenvalue weighted by atomic mass is 10.1. The van der Waals surface area contributed by atoms with Crippen molar-refractivity contribution in [1.82, 2.24) is 5.32 Å². The summed E-state index contributed by atoms with van der Waals surface area (Å²) in [6.07, 6.45) is 4.11. The summed E-state index contributed by atoms with van der Waals surface area (Å²) in [6.45, 7) is 4.09. The average Bonchev–Trinajstić information content (AvgIpc) is 3.48. The molecule has 1 aromatic heterocycles. The smallest absolute Gasteiger partial charge is 0.291 e. The second-order valence-electron chi connectivity index (χ2n) is 7.64. The van der Waals surface area contributed by atoms with E-state index in [-0.39, 0.29) is 17.6 Å². The minimum atomic E-state index is -0.327. The molecular formula is C24H26N3O3+. The Balaban J connectivity index is 1.27. The predicted octanol–water partition coefficient (Wildman–Crippen LogP) is 2.64. The number of furan rings is 1. The number of amides is 2. The van der Waals surface area contributed by atoms with Crippen LogP contribution in [0.4, 0.5) is 5.69 Å². The van der Waals surface area contributed by atoms with E-state index < -0.39 is 0 Å². The fraction of sp³-hybridized carbons (Fsp3) is 0.250. The van der Waals surface area contributed by atoms with E-state index in [0.717, 1.165) is 12.1 Å². The van der Waals surface area contributed by atoms with Crippen LogP contribution in [0.5, 0.6) is 0 Å². The summed E-state index contributed by atoms with van der Waals surface area (Å²) in [5, 5.41) is 5.68. The maximum atomic E-state index is 12.4. The van der Waals surface area contributed by atoms with Crippen LogP contribution < -0.4 is 15.5 Å². The van der Waals surface area contributed by atoms with Gasteiger partial charge < -0.3 is 20.0 Å². The van der Waals surface area contributed by atoms with Gasteiger partial charge in [0, 0.05) is 36.2 Å². The molecule has 0 radical (unpaired) electrons. The van der Waals surface area contributed by atoms with Crippen LogP contribution in [0, 0.1) is 0 Å². The summed E-state index contributed by atoms with van der Waals surface area (Å²) in [5.74, 6) is -0.235. The van der Waals surface area contributed by atoms with Gasteiger partial charge in [-0.15, -0.1) is 0 Å². The van der Waals surface area contributed by atoms with E-state index in [9.17, 15) is 9.59 Å². The summed E-state index contributed by atoms with van der Waals surface area (Å²) in [6, 6.07) is 18.5. The summed E-state index contributed by atoms with van der Waals surface area (Å²) in [4.78, 5) is 26.1. The van der Waals surface area contributed by atoms with Crippen molar-refractivity contribution in [1.29, 1.82) is 0 Å².